The van der Waals surface area contributed by atoms with E-state index in [1.807, 2.05) is 29.5 Å². The monoisotopic (exact) mass is 786 g/mol. The molecule has 0 saturated heterocycles. The molecule has 0 unspecified atom stereocenters. The van der Waals surface area contributed by atoms with E-state index in [9.17, 15) is 29.8 Å². The number of allylic oxidation sites excluding steroid dienone is 1. The van der Waals surface area contributed by atoms with Crippen LogP contribution in [0.4, 0.5) is 11.4 Å². The molecule has 0 amide bonds. The summed E-state index contributed by atoms with van der Waals surface area (Å²) < 4.78 is 24.6. The average Bonchev–Trinajstić information content (AvgIpc) is 3.35. The zero-order chi connectivity index (χ0) is 34.7. The van der Waals surface area contributed by atoms with E-state index < -0.39 is 33.2 Å². The van der Waals surface area contributed by atoms with E-state index >= 15 is 0 Å². The highest BCUT2D eigenvalue weighted by Crippen LogP contribution is 2.41. The number of hydrogen-bond acceptors (Lipinski definition) is 12. The van der Waals surface area contributed by atoms with Crippen LogP contribution >= 0.6 is 33.9 Å². The van der Waals surface area contributed by atoms with Crippen molar-refractivity contribution in [2.75, 3.05) is 20.3 Å². The maximum Gasteiger partial charge on any atom is 0.338 e. The van der Waals surface area contributed by atoms with E-state index in [1.54, 1.807) is 56.3 Å². The summed E-state index contributed by atoms with van der Waals surface area (Å²) in [5.41, 5.74) is 0.458. The van der Waals surface area contributed by atoms with Crippen LogP contribution < -0.4 is 29.1 Å². The predicted octanol–water partition coefficient (Wildman–Crippen LogP) is 5.42. The Kier molecular flexibility index (Phi) is 10.2. The quantitative estimate of drug-likeness (QED) is 0.0827. The van der Waals surface area contributed by atoms with Gasteiger partial charge in [-0.05, 0) is 90.9 Å². The fourth-order valence-corrected chi connectivity index (χ4v) is 6.83. The molecule has 248 valence electrons. The van der Waals surface area contributed by atoms with Crippen molar-refractivity contribution in [1.29, 1.82) is 0 Å². The Balaban J connectivity index is 1.60. The third-order valence-electron chi connectivity index (χ3n) is 7.14. The minimum Gasteiger partial charge on any atom is -0.494 e. The molecule has 1 aliphatic rings. The van der Waals surface area contributed by atoms with Crippen molar-refractivity contribution in [2.45, 2.75) is 26.8 Å². The molecule has 3 aromatic carbocycles. The number of nitro benzene ring substituents is 2. The molecule has 0 aliphatic carbocycles. The van der Waals surface area contributed by atoms with Gasteiger partial charge in [0.05, 0.1) is 61.7 Å². The molecule has 0 N–H and O–H groups in total. The number of nitrogens with zero attached hydrogens (tertiary/aromatic N) is 4. The number of hydrogen-bond donors (Lipinski definition) is 0. The van der Waals surface area contributed by atoms with Crippen molar-refractivity contribution in [2.24, 2.45) is 4.99 Å². The van der Waals surface area contributed by atoms with Gasteiger partial charge in [-0.25, -0.2) is 9.79 Å². The summed E-state index contributed by atoms with van der Waals surface area (Å²) in [5, 5.41) is 22.8. The molecule has 14 nitrogen and oxygen atoms in total. The lowest BCUT2D eigenvalue weighted by atomic mass is 9.96. The molecule has 1 atom stereocenters. The van der Waals surface area contributed by atoms with Gasteiger partial charge < -0.3 is 18.9 Å². The van der Waals surface area contributed by atoms with Crippen molar-refractivity contribution in [3.05, 3.63) is 120 Å². The molecule has 0 saturated carbocycles. The van der Waals surface area contributed by atoms with Gasteiger partial charge in [0.25, 0.3) is 11.2 Å². The summed E-state index contributed by atoms with van der Waals surface area (Å²) >= 11 is 3.11. The summed E-state index contributed by atoms with van der Waals surface area (Å²) in [5.74, 6) is 0.186. The first-order chi connectivity index (χ1) is 23.0. The molecule has 48 heavy (non-hydrogen) atoms. The number of ether oxygens (including phenoxy) is 4. The maximum atomic E-state index is 14.0. The molecule has 0 spiro atoms. The first-order valence-electron chi connectivity index (χ1n) is 14.4. The van der Waals surface area contributed by atoms with Crippen LogP contribution in [-0.4, -0.2) is 40.7 Å². The van der Waals surface area contributed by atoms with Crippen LogP contribution in [0.1, 0.15) is 37.9 Å². The van der Waals surface area contributed by atoms with Crippen LogP contribution in [0.3, 0.4) is 0 Å². The molecule has 0 fully saturated rings. The van der Waals surface area contributed by atoms with Crippen LogP contribution in [0.15, 0.2) is 75.7 Å². The largest absolute Gasteiger partial charge is 0.494 e. The molecular formula is C32H27IN4O10S. The van der Waals surface area contributed by atoms with Gasteiger partial charge in [-0.1, -0.05) is 23.5 Å². The number of methoxy groups -OCH3 is 1. The van der Waals surface area contributed by atoms with Gasteiger partial charge >= 0.3 is 11.7 Å². The number of fused-ring (bicyclic) bond motifs is 1. The summed E-state index contributed by atoms with van der Waals surface area (Å²) in [6.45, 7) is 5.91. The van der Waals surface area contributed by atoms with E-state index in [4.69, 9.17) is 18.9 Å². The number of nitro groups is 2. The van der Waals surface area contributed by atoms with Crippen LogP contribution in [-0.2, 0) is 9.53 Å². The number of benzene rings is 3. The molecule has 0 radical (unpaired) electrons. The maximum absolute atomic E-state index is 14.0. The van der Waals surface area contributed by atoms with Gasteiger partial charge in [-0.15, -0.1) is 0 Å². The minimum absolute atomic E-state index is 0.138. The van der Waals surface area contributed by atoms with Crippen molar-refractivity contribution < 1.29 is 33.6 Å². The average molecular weight is 787 g/mol. The third-order valence-corrected chi connectivity index (χ3v) is 8.92. The molecule has 0 bridgehead atoms. The SMILES string of the molecule is CCOC(=O)C1=C(C)N=c2s/c(=C\c3cc(I)c(Oc4ccc([N+](=O)[O-])cc4[N+](=O)[O-])c(OC)c3)c(=O)n2[C@@H]1c1ccc(OCC)cc1. The van der Waals surface area contributed by atoms with Gasteiger partial charge in [0.2, 0.25) is 5.75 Å². The second kappa shape index (κ2) is 14.3. The number of carbonyl (C=O) groups is 1. The first-order valence-corrected chi connectivity index (χ1v) is 16.3. The molecule has 4 aromatic rings. The summed E-state index contributed by atoms with van der Waals surface area (Å²) in [7, 11) is 1.39. The minimum atomic E-state index is -0.805. The van der Waals surface area contributed by atoms with Crippen molar-refractivity contribution in [3.8, 4) is 23.0 Å². The van der Waals surface area contributed by atoms with Gasteiger partial charge in [0, 0.05) is 6.07 Å². The highest BCUT2D eigenvalue weighted by molar-refractivity contribution is 14.1. The zero-order valence-corrected chi connectivity index (χ0v) is 28.9. The topological polar surface area (TPSA) is 175 Å². The van der Waals surface area contributed by atoms with E-state index in [0.717, 1.165) is 29.5 Å². The molecule has 2 heterocycles. The Hall–Kier alpha value is -5.10. The smallest absolute Gasteiger partial charge is 0.338 e. The number of thiazole rings is 1. The van der Waals surface area contributed by atoms with Gasteiger partial charge in [0.1, 0.15) is 5.75 Å². The number of esters is 1. The van der Waals surface area contributed by atoms with Crippen molar-refractivity contribution in [3.63, 3.8) is 0 Å². The second-order valence-corrected chi connectivity index (χ2v) is 12.3. The Labute approximate surface area is 290 Å². The number of aromatic nitrogens is 1. The standard InChI is InChI=1S/C32H27IN4O10S/c1-5-45-21-10-7-19(8-11-21)28-27(31(39)46-6-2)17(3)34-32-35(28)30(38)26(48-32)15-18-13-22(33)29(25(14-18)44-4)47-24-12-9-20(36(40)41)16-23(24)37(42)43/h7-16,28H,5-6H2,1-4H3/b26-15-/t28-/m1/s1. The molecule has 5 rings (SSSR count). The number of carbonyl (C=O) groups excluding carboxylic acids is 1. The van der Waals surface area contributed by atoms with E-state index in [2.05, 4.69) is 4.99 Å². The zero-order valence-electron chi connectivity index (χ0n) is 25.9. The third kappa shape index (κ3) is 6.79. The first kappa shape index (κ1) is 34.2. The molecule has 16 heteroatoms. The fraction of sp³-hybridized carbons (Fsp3) is 0.219. The van der Waals surface area contributed by atoms with E-state index in [-0.39, 0.29) is 35.0 Å². The van der Waals surface area contributed by atoms with Gasteiger partial charge in [-0.2, -0.15) is 0 Å². The second-order valence-electron chi connectivity index (χ2n) is 10.1. The summed E-state index contributed by atoms with van der Waals surface area (Å²) in [4.78, 5) is 53.5. The molecule has 1 aromatic heterocycles. The van der Waals surface area contributed by atoms with E-state index in [1.165, 1.54) is 11.7 Å². The lowest BCUT2D eigenvalue weighted by molar-refractivity contribution is -0.394. The van der Waals surface area contributed by atoms with Crippen molar-refractivity contribution >= 4 is 57.3 Å². The number of halogens is 1. The van der Waals surface area contributed by atoms with Crippen LogP contribution in [0.2, 0.25) is 0 Å². The summed E-state index contributed by atoms with van der Waals surface area (Å²) in [6, 6.07) is 12.7. The number of non-ortho nitro benzene ring substituents is 1. The predicted molar refractivity (Wildman–Crippen MR) is 184 cm³/mol. The van der Waals surface area contributed by atoms with Gasteiger partial charge in [-0.3, -0.25) is 29.6 Å². The highest BCUT2D eigenvalue weighted by Gasteiger charge is 2.33. The molecule has 1 aliphatic heterocycles. The Morgan fingerprint density at radius 3 is 2.40 bits per heavy atom. The highest BCUT2D eigenvalue weighted by atomic mass is 127. The lowest BCUT2D eigenvalue weighted by Gasteiger charge is -2.24. The summed E-state index contributed by atoms with van der Waals surface area (Å²) in [6.07, 6.45) is 1.64. The van der Waals surface area contributed by atoms with Crippen molar-refractivity contribution in [1.82, 2.24) is 4.57 Å². The Morgan fingerprint density at radius 2 is 1.77 bits per heavy atom. The Bertz CT molecular complexity index is 2160. The Morgan fingerprint density at radius 1 is 1.04 bits per heavy atom. The normalized spacial score (nSPS) is 14.2. The van der Waals surface area contributed by atoms with Gasteiger partial charge in [0.15, 0.2) is 16.3 Å². The van der Waals surface area contributed by atoms with E-state index in [0.29, 0.717) is 42.1 Å². The van der Waals surface area contributed by atoms with Crippen LogP contribution in [0.25, 0.3) is 6.08 Å². The van der Waals surface area contributed by atoms with Crippen LogP contribution in [0, 0.1) is 23.8 Å². The molecular weight excluding hydrogens is 759 g/mol. The fourth-order valence-electron chi connectivity index (χ4n) is 5.05. The van der Waals surface area contributed by atoms with Crippen LogP contribution in [0.5, 0.6) is 23.0 Å². The number of rotatable bonds is 11. The lowest BCUT2D eigenvalue weighted by Crippen LogP contribution is -2.39.